The van der Waals surface area contributed by atoms with Gasteiger partial charge >= 0.3 is 17.9 Å². The Kier molecular flexibility index (Phi) is 49.7. The maximum Gasteiger partial charge on any atom is 0.306 e. The van der Waals surface area contributed by atoms with Gasteiger partial charge in [-0.25, -0.2) is 0 Å². The molecule has 0 aliphatic rings. The van der Waals surface area contributed by atoms with Crippen LogP contribution in [-0.2, 0) is 28.6 Å². The largest absolute Gasteiger partial charge is 0.462 e. The molecule has 0 spiro atoms. The monoisotopic (exact) mass is 921 g/mol. The van der Waals surface area contributed by atoms with Crippen LogP contribution in [0.2, 0.25) is 0 Å². The van der Waals surface area contributed by atoms with Crippen LogP contribution in [0.3, 0.4) is 0 Å². The van der Waals surface area contributed by atoms with Crippen molar-refractivity contribution in [3.8, 4) is 0 Å². The molecule has 1 atom stereocenters. The highest BCUT2D eigenvalue weighted by molar-refractivity contribution is 5.71. The van der Waals surface area contributed by atoms with E-state index in [-0.39, 0.29) is 44.0 Å². The highest BCUT2D eigenvalue weighted by atomic mass is 16.6. The van der Waals surface area contributed by atoms with E-state index in [4.69, 9.17) is 14.2 Å². The van der Waals surface area contributed by atoms with Gasteiger partial charge in [-0.3, -0.25) is 14.4 Å². The molecular formula is C61H92O6. The minimum atomic E-state index is -0.844. The summed E-state index contributed by atoms with van der Waals surface area (Å²) >= 11 is 0. The molecule has 0 fully saturated rings. The Bertz CT molecular complexity index is 1570. The average molecular weight is 921 g/mol. The molecule has 0 amide bonds. The molecule has 6 nitrogen and oxygen atoms in total. The molecule has 0 rings (SSSR count). The summed E-state index contributed by atoms with van der Waals surface area (Å²) in [6.45, 7) is 6.21. The molecule has 0 radical (unpaired) electrons. The predicted molar refractivity (Wildman–Crippen MR) is 288 cm³/mol. The molecule has 67 heavy (non-hydrogen) atoms. The van der Waals surface area contributed by atoms with Gasteiger partial charge < -0.3 is 14.2 Å². The highest BCUT2D eigenvalue weighted by Gasteiger charge is 2.19. The van der Waals surface area contributed by atoms with Gasteiger partial charge in [0, 0.05) is 19.3 Å². The third kappa shape index (κ3) is 51.9. The summed E-state index contributed by atoms with van der Waals surface area (Å²) in [5.74, 6) is -1.09. The van der Waals surface area contributed by atoms with Crippen LogP contribution < -0.4 is 0 Å². The molecule has 0 aromatic heterocycles. The standard InChI is InChI=1S/C61H92O6/c1-4-7-10-13-16-19-22-25-28-29-30-31-34-36-39-42-45-48-51-54-60(63)66-57-58(67-61(64)55-52-49-46-43-40-37-33-27-24-21-18-15-12-9-6-3)56-65-59(62)53-50-47-44-41-38-35-32-26-23-20-17-14-11-8-5-2/h7,9-10,12,15-21,23-28,30-31,33,36-37,39-40,45,48,58H,4-6,8,11,13-14,22,29,32,34-35,38,41-44,46-47,49-57H2,1-3H3/b10-7-,12-9-,18-15-,19-16-,20-17-,24-21-,26-23-,28-25-,31-30-,33-27-,39-36-,40-37-,48-45-. The Labute approximate surface area is 409 Å². The van der Waals surface area contributed by atoms with Gasteiger partial charge in [-0.2, -0.15) is 0 Å². The lowest BCUT2D eigenvalue weighted by Crippen LogP contribution is -2.30. The van der Waals surface area contributed by atoms with E-state index in [0.29, 0.717) is 19.3 Å². The predicted octanol–water partition coefficient (Wildman–Crippen LogP) is 17.4. The average Bonchev–Trinajstić information content (AvgIpc) is 3.33. The van der Waals surface area contributed by atoms with Gasteiger partial charge in [-0.15, -0.1) is 0 Å². The lowest BCUT2D eigenvalue weighted by atomic mass is 10.1. The SMILES string of the molecule is CC\C=C/C=C\C=C/C=C\C=C/CCCCCC(=O)OC(COC(=O)CC/C=C\C/C=C\C/C=C\C/C=C\C/C=C\C/C=C\CC)COC(=O)CCCCCCCC/C=C\C=C/CCCCC. The van der Waals surface area contributed by atoms with E-state index in [9.17, 15) is 14.4 Å². The first-order chi connectivity index (χ1) is 33.0. The van der Waals surface area contributed by atoms with Crippen molar-refractivity contribution in [1.82, 2.24) is 0 Å². The number of unbranched alkanes of at least 4 members (excludes halogenated alkanes) is 12. The van der Waals surface area contributed by atoms with Gasteiger partial charge in [0.1, 0.15) is 13.2 Å². The molecule has 6 heteroatoms. The van der Waals surface area contributed by atoms with Crippen molar-refractivity contribution in [2.24, 2.45) is 0 Å². The summed E-state index contributed by atoms with van der Waals surface area (Å²) in [5.41, 5.74) is 0. The first kappa shape index (κ1) is 62.0. The number of carbonyl (C=O) groups is 3. The molecule has 372 valence electrons. The summed E-state index contributed by atoms with van der Waals surface area (Å²) in [5, 5.41) is 0. The van der Waals surface area contributed by atoms with E-state index in [2.05, 4.69) is 118 Å². The van der Waals surface area contributed by atoms with Crippen molar-refractivity contribution in [3.63, 3.8) is 0 Å². The molecular weight excluding hydrogens is 829 g/mol. The number of ether oxygens (including phenoxy) is 3. The maximum atomic E-state index is 12.8. The van der Waals surface area contributed by atoms with Crippen LogP contribution in [0.1, 0.15) is 188 Å². The van der Waals surface area contributed by atoms with Crippen LogP contribution in [0.4, 0.5) is 0 Å². The fraction of sp³-hybridized carbons (Fsp3) is 0.525. The van der Waals surface area contributed by atoms with Crippen LogP contribution in [-0.4, -0.2) is 37.2 Å². The Hall–Kier alpha value is -4.97. The van der Waals surface area contributed by atoms with Crippen molar-refractivity contribution < 1.29 is 28.6 Å². The maximum absolute atomic E-state index is 12.8. The second-order valence-electron chi connectivity index (χ2n) is 16.5. The number of hydrogen-bond donors (Lipinski definition) is 0. The highest BCUT2D eigenvalue weighted by Crippen LogP contribution is 2.12. The van der Waals surface area contributed by atoms with Crippen LogP contribution in [0, 0.1) is 0 Å². The van der Waals surface area contributed by atoms with E-state index in [1.165, 1.54) is 32.1 Å². The zero-order chi connectivity index (χ0) is 48.6. The molecule has 0 saturated heterocycles. The van der Waals surface area contributed by atoms with E-state index < -0.39 is 6.10 Å². The summed E-state index contributed by atoms with van der Waals surface area (Å²) < 4.78 is 16.7. The summed E-state index contributed by atoms with van der Waals surface area (Å²) in [7, 11) is 0. The number of allylic oxidation sites excluding steroid dienone is 26. The van der Waals surface area contributed by atoms with Crippen molar-refractivity contribution >= 4 is 17.9 Å². The Morgan fingerprint density at radius 3 is 1.18 bits per heavy atom. The van der Waals surface area contributed by atoms with Crippen molar-refractivity contribution in [2.75, 3.05) is 13.2 Å². The van der Waals surface area contributed by atoms with Crippen molar-refractivity contribution in [2.45, 2.75) is 194 Å². The molecule has 0 aliphatic carbocycles. The normalized spacial score (nSPS) is 13.4. The van der Waals surface area contributed by atoms with E-state index in [1.54, 1.807) is 0 Å². The topological polar surface area (TPSA) is 78.9 Å². The van der Waals surface area contributed by atoms with Gasteiger partial charge in [0.05, 0.1) is 0 Å². The molecule has 0 aliphatic heterocycles. The van der Waals surface area contributed by atoms with Crippen molar-refractivity contribution in [3.05, 3.63) is 158 Å². The number of rotatable bonds is 44. The molecule has 0 N–H and O–H groups in total. The lowest BCUT2D eigenvalue weighted by molar-refractivity contribution is -0.166. The molecule has 0 heterocycles. The van der Waals surface area contributed by atoms with Gasteiger partial charge in [-0.05, 0) is 103 Å². The van der Waals surface area contributed by atoms with E-state index in [1.807, 2.05) is 60.8 Å². The fourth-order valence-electron chi connectivity index (χ4n) is 6.30. The minimum absolute atomic E-state index is 0.133. The summed E-state index contributed by atoms with van der Waals surface area (Å²) in [4.78, 5) is 38.0. The molecule has 1 unspecified atom stereocenters. The number of hydrogen-bond acceptors (Lipinski definition) is 6. The third-order valence-corrected chi connectivity index (χ3v) is 10.2. The Morgan fingerprint density at radius 1 is 0.328 bits per heavy atom. The van der Waals surface area contributed by atoms with Crippen LogP contribution in [0.5, 0.6) is 0 Å². The first-order valence-corrected chi connectivity index (χ1v) is 26.1. The summed E-state index contributed by atoms with van der Waals surface area (Å²) in [6.07, 6.45) is 78.0. The fourth-order valence-corrected chi connectivity index (χ4v) is 6.30. The van der Waals surface area contributed by atoms with Crippen molar-refractivity contribution in [1.29, 1.82) is 0 Å². The molecule has 0 aromatic carbocycles. The van der Waals surface area contributed by atoms with Crippen LogP contribution >= 0.6 is 0 Å². The molecule has 0 saturated carbocycles. The van der Waals surface area contributed by atoms with Crippen LogP contribution in [0.15, 0.2) is 158 Å². The minimum Gasteiger partial charge on any atom is -0.462 e. The van der Waals surface area contributed by atoms with Gasteiger partial charge in [0.25, 0.3) is 0 Å². The third-order valence-electron chi connectivity index (χ3n) is 10.2. The zero-order valence-electron chi connectivity index (χ0n) is 42.3. The van der Waals surface area contributed by atoms with E-state index in [0.717, 1.165) is 103 Å². The zero-order valence-corrected chi connectivity index (χ0v) is 42.3. The summed E-state index contributed by atoms with van der Waals surface area (Å²) in [6, 6.07) is 0. The lowest BCUT2D eigenvalue weighted by Gasteiger charge is -2.18. The second kappa shape index (κ2) is 53.6. The van der Waals surface area contributed by atoms with Gasteiger partial charge in [-0.1, -0.05) is 224 Å². The Balaban J connectivity index is 4.63. The quantitative estimate of drug-likeness (QED) is 0.0199. The number of carbonyl (C=O) groups excluding carboxylic acids is 3. The van der Waals surface area contributed by atoms with Gasteiger partial charge in [0.2, 0.25) is 0 Å². The molecule has 0 aromatic rings. The molecule has 0 bridgehead atoms. The number of esters is 3. The van der Waals surface area contributed by atoms with Crippen LogP contribution in [0.25, 0.3) is 0 Å². The first-order valence-electron chi connectivity index (χ1n) is 26.1. The van der Waals surface area contributed by atoms with E-state index >= 15 is 0 Å². The smallest absolute Gasteiger partial charge is 0.306 e. The Morgan fingerprint density at radius 2 is 0.687 bits per heavy atom. The second-order valence-corrected chi connectivity index (χ2v) is 16.5. The van der Waals surface area contributed by atoms with Gasteiger partial charge in [0.15, 0.2) is 6.10 Å².